The highest BCUT2D eigenvalue weighted by Crippen LogP contribution is 2.65. The minimum absolute atomic E-state index is 0.349. The number of hydrogen-bond acceptors (Lipinski definition) is 4. The van der Waals surface area contributed by atoms with Crippen molar-refractivity contribution in [2.24, 2.45) is 5.41 Å². The van der Waals surface area contributed by atoms with E-state index in [0.29, 0.717) is 11.1 Å². The summed E-state index contributed by atoms with van der Waals surface area (Å²) in [6, 6.07) is 16.3. The van der Waals surface area contributed by atoms with E-state index in [1.165, 1.54) is 14.2 Å². The maximum Gasteiger partial charge on any atom is 0.335 e. The van der Waals surface area contributed by atoms with Gasteiger partial charge in [-0.25, -0.2) is 9.59 Å². The second-order valence-electron chi connectivity index (χ2n) is 8.37. The van der Waals surface area contributed by atoms with Gasteiger partial charge in [0.05, 0.1) is 30.8 Å². The highest BCUT2D eigenvalue weighted by molar-refractivity contribution is 6.07. The summed E-state index contributed by atoms with van der Waals surface area (Å²) in [7, 11) is 2.74. The molecule has 4 nitrogen and oxygen atoms in total. The summed E-state index contributed by atoms with van der Waals surface area (Å²) < 4.78 is 10.4. The number of hydrogen-bond donors (Lipinski definition) is 0. The SMILES string of the molecule is CCC(C)(C)C12C(C(=O)OC)=C(C(=O)OC)C(c3ccccc31)c1ccccc12. The number of rotatable bonds is 4. The Balaban J connectivity index is 2.27. The zero-order valence-electron chi connectivity index (χ0n) is 17.5. The lowest BCUT2D eigenvalue weighted by atomic mass is 9.44. The number of ether oxygens (including phenoxy) is 2. The molecule has 2 aromatic rings. The van der Waals surface area contributed by atoms with Crippen molar-refractivity contribution in [3.8, 4) is 0 Å². The van der Waals surface area contributed by atoms with Gasteiger partial charge in [0.15, 0.2) is 0 Å². The Hall–Kier alpha value is -2.88. The van der Waals surface area contributed by atoms with Crippen LogP contribution < -0.4 is 0 Å². The van der Waals surface area contributed by atoms with Gasteiger partial charge in [0, 0.05) is 5.92 Å². The van der Waals surface area contributed by atoms with E-state index >= 15 is 0 Å². The highest BCUT2D eigenvalue weighted by atomic mass is 16.5. The van der Waals surface area contributed by atoms with Crippen LogP contribution in [0, 0.1) is 5.41 Å². The van der Waals surface area contributed by atoms with Gasteiger partial charge in [0.1, 0.15) is 0 Å². The molecule has 0 atom stereocenters. The van der Waals surface area contributed by atoms with Crippen LogP contribution in [-0.4, -0.2) is 26.2 Å². The summed E-state index contributed by atoms with van der Waals surface area (Å²) in [4.78, 5) is 26.4. The largest absolute Gasteiger partial charge is 0.466 e. The molecule has 0 saturated heterocycles. The van der Waals surface area contributed by atoms with Crippen molar-refractivity contribution >= 4 is 11.9 Å². The summed E-state index contributed by atoms with van der Waals surface area (Å²) in [5.41, 5.74) is 3.90. The molecule has 0 amide bonds. The van der Waals surface area contributed by atoms with Gasteiger partial charge in [-0.2, -0.15) is 0 Å². The number of carbonyl (C=O) groups excluding carboxylic acids is 2. The Bertz CT molecular complexity index is 997. The zero-order valence-corrected chi connectivity index (χ0v) is 17.5. The van der Waals surface area contributed by atoms with Gasteiger partial charge in [-0.15, -0.1) is 0 Å². The van der Waals surface area contributed by atoms with Crippen molar-refractivity contribution in [1.29, 1.82) is 0 Å². The molecule has 2 bridgehead atoms. The van der Waals surface area contributed by atoms with E-state index < -0.39 is 17.4 Å². The van der Waals surface area contributed by atoms with Crippen molar-refractivity contribution in [1.82, 2.24) is 0 Å². The van der Waals surface area contributed by atoms with E-state index in [0.717, 1.165) is 28.7 Å². The number of carbonyl (C=O) groups is 2. The fourth-order valence-corrected chi connectivity index (χ4v) is 5.45. The first-order valence-electron chi connectivity index (χ1n) is 9.96. The van der Waals surface area contributed by atoms with Gasteiger partial charge >= 0.3 is 11.9 Å². The van der Waals surface area contributed by atoms with Gasteiger partial charge in [-0.3, -0.25) is 0 Å². The fraction of sp³-hybridized carbons (Fsp3) is 0.360. The monoisotopic (exact) mass is 390 g/mol. The van der Waals surface area contributed by atoms with E-state index in [2.05, 4.69) is 45.0 Å². The van der Waals surface area contributed by atoms with Crippen LogP contribution in [0.2, 0.25) is 0 Å². The second kappa shape index (κ2) is 6.58. The average Bonchev–Trinajstić information content (AvgIpc) is 2.77. The quantitative estimate of drug-likeness (QED) is 0.721. The molecule has 4 heteroatoms. The molecule has 0 N–H and O–H groups in total. The van der Waals surface area contributed by atoms with Crippen LogP contribution in [0.5, 0.6) is 0 Å². The van der Waals surface area contributed by atoms with Gasteiger partial charge in [-0.05, 0) is 34.1 Å². The summed E-state index contributed by atoms with van der Waals surface area (Å²) in [5, 5.41) is 0. The molecule has 0 aliphatic heterocycles. The van der Waals surface area contributed by atoms with Crippen molar-refractivity contribution in [2.75, 3.05) is 14.2 Å². The average molecular weight is 390 g/mol. The van der Waals surface area contributed by atoms with E-state index in [4.69, 9.17) is 9.47 Å². The molecule has 0 spiro atoms. The standard InChI is InChI=1S/C25H26O4/c1-6-24(2,3)25-17-13-9-7-11-15(17)19(16-12-8-10-14-18(16)25)20(22(26)28-4)21(25)23(27)29-5/h7-14,19H,6H2,1-5H3. The molecule has 3 aliphatic carbocycles. The molecule has 0 saturated carbocycles. The smallest absolute Gasteiger partial charge is 0.335 e. The second-order valence-corrected chi connectivity index (χ2v) is 8.37. The van der Waals surface area contributed by atoms with Crippen LogP contribution >= 0.6 is 0 Å². The van der Waals surface area contributed by atoms with E-state index in [9.17, 15) is 9.59 Å². The van der Waals surface area contributed by atoms with Crippen molar-refractivity contribution in [3.05, 3.63) is 81.9 Å². The molecule has 0 heterocycles. The van der Waals surface area contributed by atoms with Crippen molar-refractivity contribution in [2.45, 2.75) is 38.5 Å². The molecule has 150 valence electrons. The fourth-order valence-electron chi connectivity index (χ4n) is 5.45. The van der Waals surface area contributed by atoms with Crippen molar-refractivity contribution < 1.29 is 19.1 Å². The topological polar surface area (TPSA) is 52.6 Å². The van der Waals surface area contributed by atoms with Crippen molar-refractivity contribution in [3.63, 3.8) is 0 Å². The van der Waals surface area contributed by atoms with Crippen LogP contribution in [0.25, 0.3) is 0 Å². The van der Waals surface area contributed by atoms with Crippen LogP contribution in [0.1, 0.15) is 55.4 Å². The summed E-state index contributed by atoms with van der Waals surface area (Å²) in [6.07, 6.45) is 0.801. The number of benzene rings is 2. The lowest BCUT2D eigenvalue weighted by Crippen LogP contribution is -2.54. The Morgan fingerprint density at radius 3 is 1.83 bits per heavy atom. The third-order valence-corrected chi connectivity index (χ3v) is 6.98. The molecule has 3 aliphatic rings. The Labute approximate surface area is 171 Å². The third kappa shape index (κ3) is 2.26. The van der Waals surface area contributed by atoms with Gasteiger partial charge in [-0.1, -0.05) is 69.3 Å². The maximum atomic E-state index is 13.3. The zero-order chi connectivity index (χ0) is 21.0. The third-order valence-electron chi connectivity index (χ3n) is 6.98. The van der Waals surface area contributed by atoms with Crippen LogP contribution in [0.3, 0.4) is 0 Å². The minimum atomic E-state index is -0.805. The normalized spacial score (nSPS) is 22.0. The summed E-state index contributed by atoms with van der Waals surface area (Å²) >= 11 is 0. The van der Waals surface area contributed by atoms with Crippen LogP contribution in [0.4, 0.5) is 0 Å². The Morgan fingerprint density at radius 1 is 0.897 bits per heavy atom. The number of methoxy groups -OCH3 is 2. The molecular formula is C25H26O4. The Kier molecular flexibility index (Phi) is 4.41. The first-order valence-corrected chi connectivity index (χ1v) is 9.96. The first-order chi connectivity index (χ1) is 13.9. The number of esters is 2. The molecule has 5 rings (SSSR count). The molecule has 2 aromatic carbocycles. The predicted molar refractivity (Wildman–Crippen MR) is 111 cm³/mol. The van der Waals surface area contributed by atoms with E-state index in [1.54, 1.807) is 0 Å². The maximum absolute atomic E-state index is 13.3. The summed E-state index contributed by atoms with van der Waals surface area (Å²) in [6.45, 7) is 6.43. The van der Waals surface area contributed by atoms with E-state index in [-0.39, 0.29) is 11.3 Å². The lowest BCUT2D eigenvalue weighted by Gasteiger charge is -2.57. The van der Waals surface area contributed by atoms with Crippen LogP contribution in [-0.2, 0) is 24.5 Å². The molecule has 0 fully saturated rings. The highest BCUT2D eigenvalue weighted by Gasteiger charge is 2.62. The summed E-state index contributed by atoms with van der Waals surface area (Å²) in [5.74, 6) is -1.30. The lowest BCUT2D eigenvalue weighted by molar-refractivity contribution is -0.140. The molecule has 0 aromatic heterocycles. The predicted octanol–water partition coefficient (Wildman–Crippen LogP) is 4.51. The van der Waals surface area contributed by atoms with Gasteiger partial charge in [0.2, 0.25) is 0 Å². The van der Waals surface area contributed by atoms with Crippen LogP contribution in [0.15, 0.2) is 59.7 Å². The van der Waals surface area contributed by atoms with Gasteiger partial charge < -0.3 is 9.47 Å². The first kappa shape index (κ1) is 19.4. The molecule has 29 heavy (non-hydrogen) atoms. The molecule has 0 radical (unpaired) electrons. The van der Waals surface area contributed by atoms with Gasteiger partial charge in [0.25, 0.3) is 0 Å². The molecular weight excluding hydrogens is 364 g/mol. The Morgan fingerprint density at radius 2 is 1.38 bits per heavy atom. The molecule has 0 unspecified atom stereocenters. The van der Waals surface area contributed by atoms with E-state index in [1.807, 2.05) is 24.3 Å². The minimum Gasteiger partial charge on any atom is -0.466 e.